The molecular formula is C22H36N6O2. The van der Waals surface area contributed by atoms with Crippen LogP contribution >= 0.6 is 0 Å². The van der Waals surface area contributed by atoms with Crippen LogP contribution in [0.25, 0.3) is 0 Å². The van der Waals surface area contributed by atoms with Gasteiger partial charge in [-0.25, -0.2) is 4.99 Å². The van der Waals surface area contributed by atoms with Gasteiger partial charge in [0.15, 0.2) is 11.8 Å². The molecule has 0 radical (unpaired) electrons. The average molecular weight is 417 g/mol. The molecule has 2 aromatic rings. The number of aliphatic imine (C=N–C) groups is 1. The molecule has 1 aromatic heterocycles. The van der Waals surface area contributed by atoms with E-state index in [1.54, 1.807) is 0 Å². The average Bonchev–Trinajstić information content (AvgIpc) is 3.08. The zero-order chi connectivity index (χ0) is 21.6. The summed E-state index contributed by atoms with van der Waals surface area (Å²) in [6.45, 7) is 10.3. The summed E-state index contributed by atoms with van der Waals surface area (Å²) in [7, 11) is 1.95. The molecule has 2 N–H and O–H groups in total. The largest absolute Gasteiger partial charge is 0.494 e. The quantitative estimate of drug-likeness (QED) is 0.297. The molecule has 0 spiro atoms. The second-order valence-electron chi connectivity index (χ2n) is 7.04. The summed E-state index contributed by atoms with van der Waals surface area (Å²) in [6.07, 6.45) is 2.81. The lowest BCUT2D eigenvalue weighted by Gasteiger charge is -2.13. The van der Waals surface area contributed by atoms with E-state index in [-0.39, 0.29) is 0 Å². The molecule has 2 rings (SSSR count). The number of benzene rings is 1. The predicted molar refractivity (Wildman–Crippen MR) is 120 cm³/mol. The molecule has 166 valence electrons. The number of guanidine groups is 1. The molecule has 1 heterocycles. The molecule has 0 fully saturated rings. The number of ether oxygens (including phenoxy) is 2. The first kappa shape index (κ1) is 23.7. The zero-order valence-corrected chi connectivity index (χ0v) is 18.8. The molecule has 30 heavy (non-hydrogen) atoms. The molecule has 0 aliphatic carbocycles. The molecule has 1 aromatic carbocycles. The van der Waals surface area contributed by atoms with E-state index < -0.39 is 0 Å². The first-order valence-electron chi connectivity index (χ1n) is 10.8. The van der Waals surface area contributed by atoms with Gasteiger partial charge >= 0.3 is 0 Å². The monoisotopic (exact) mass is 416 g/mol. The lowest BCUT2D eigenvalue weighted by molar-refractivity contribution is 0.145. The van der Waals surface area contributed by atoms with Gasteiger partial charge in [-0.05, 0) is 50.8 Å². The predicted octanol–water partition coefficient (Wildman–Crippen LogP) is 2.62. The molecule has 0 aliphatic rings. The lowest BCUT2D eigenvalue weighted by atomic mass is 10.1. The van der Waals surface area contributed by atoms with Crippen LogP contribution in [0.2, 0.25) is 0 Å². The van der Waals surface area contributed by atoms with Crippen LogP contribution in [0.5, 0.6) is 5.75 Å². The first-order valence-corrected chi connectivity index (χ1v) is 10.8. The normalized spacial score (nSPS) is 11.5. The van der Waals surface area contributed by atoms with Gasteiger partial charge in [0, 0.05) is 33.4 Å². The third kappa shape index (κ3) is 8.41. The standard InChI is InChI=1S/C22H36N6O2/c1-5-14-30-20-10-7-9-19(16-20)11-13-24-22(23-12-8-15-29-6-2)25-17-21-27-26-18(3)28(21)4/h7,9-10,16H,5-6,8,11-15,17H2,1-4H3,(H2,23,24,25). The third-order valence-corrected chi connectivity index (χ3v) is 4.60. The summed E-state index contributed by atoms with van der Waals surface area (Å²) in [5, 5.41) is 15.1. The molecule has 0 atom stereocenters. The smallest absolute Gasteiger partial charge is 0.191 e. The van der Waals surface area contributed by atoms with Gasteiger partial charge in [-0.15, -0.1) is 10.2 Å². The summed E-state index contributed by atoms with van der Waals surface area (Å²) in [5.74, 6) is 3.41. The van der Waals surface area contributed by atoms with Crippen molar-refractivity contribution in [2.75, 3.05) is 32.9 Å². The van der Waals surface area contributed by atoms with Crippen molar-refractivity contribution in [3.63, 3.8) is 0 Å². The number of aromatic nitrogens is 3. The molecule has 0 amide bonds. The van der Waals surface area contributed by atoms with Gasteiger partial charge in [0.25, 0.3) is 0 Å². The van der Waals surface area contributed by atoms with Gasteiger partial charge in [0.2, 0.25) is 0 Å². The van der Waals surface area contributed by atoms with Crippen LogP contribution < -0.4 is 15.4 Å². The van der Waals surface area contributed by atoms with E-state index in [2.05, 4.69) is 44.9 Å². The fourth-order valence-corrected chi connectivity index (χ4v) is 2.77. The Hall–Kier alpha value is -2.61. The van der Waals surface area contributed by atoms with Crippen molar-refractivity contribution in [2.24, 2.45) is 12.0 Å². The minimum Gasteiger partial charge on any atom is -0.494 e. The highest BCUT2D eigenvalue weighted by atomic mass is 16.5. The molecule has 0 bridgehead atoms. The van der Waals surface area contributed by atoms with Crippen molar-refractivity contribution >= 4 is 5.96 Å². The summed E-state index contributed by atoms with van der Waals surface area (Å²) in [5.41, 5.74) is 1.23. The maximum atomic E-state index is 5.73. The van der Waals surface area contributed by atoms with E-state index in [1.807, 2.05) is 37.6 Å². The fraction of sp³-hybridized carbons (Fsp3) is 0.591. The van der Waals surface area contributed by atoms with E-state index >= 15 is 0 Å². The second-order valence-corrected chi connectivity index (χ2v) is 7.04. The Kier molecular flexibility index (Phi) is 10.7. The Morgan fingerprint density at radius 1 is 1.13 bits per heavy atom. The van der Waals surface area contributed by atoms with E-state index in [9.17, 15) is 0 Å². The summed E-state index contributed by atoms with van der Waals surface area (Å²) < 4.78 is 13.1. The van der Waals surface area contributed by atoms with Gasteiger partial charge in [-0.1, -0.05) is 19.1 Å². The van der Waals surface area contributed by atoms with Crippen molar-refractivity contribution in [3.8, 4) is 5.75 Å². The van der Waals surface area contributed by atoms with Crippen LogP contribution in [0.1, 0.15) is 43.9 Å². The van der Waals surface area contributed by atoms with E-state index in [0.717, 1.165) is 75.5 Å². The summed E-state index contributed by atoms with van der Waals surface area (Å²) in [6, 6.07) is 8.27. The van der Waals surface area contributed by atoms with Crippen LogP contribution in [0.4, 0.5) is 0 Å². The van der Waals surface area contributed by atoms with Gasteiger partial charge in [-0.2, -0.15) is 0 Å². The molecular weight excluding hydrogens is 380 g/mol. The number of aryl methyl sites for hydroxylation is 1. The van der Waals surface area contributed by atoms with Gasteiger partial charge in [0.05, 0.1) is 6.61 Å². The number of hydrogen-bond donors (Lipinski definition) is 2. The van der Waals surface area contributed by atoms with Crippen molar-refractivity contribution in [3.05, 3.63) is 41.5 Å². The summed E-state index contributed by atoms with van der Waals surface area (Å²) in [4.78, 5) is 4.68. The van der Waals surface area contributed by atoms with Crippen molar-refractivity contribution in [2.45, 2.75) is 46.6 Å². The SMILES string of the molecule is CCCOc1cccc(CCNC(=NCc2nnc(C)n2C)NCCCOCC)c1. The maximum Gasteiger partial charge on any atom is 0.191 e. The van der Waals surface area contributed by atoms with E-state index in [1.165, 1.54) is 5.56 Å². The Labute approximate surface area is 180 Å². The Morgan fingerprint density at radius 2 is 1.97 bits per heavy atom. The van der Waals surface area contributed by atoms with Crippen molar-refractivity contribution in [1.29, 1.82) is 0 Å². The Balaban J connectivity index is 1.89. The number of hydrogen-bond acceptors (Lipinski definition) is 5. The minimum atomic E-state index is 0.471. The van der Waals surface area contributed by atoms with Gasteiger partial charge < -0.3 is 24.7 Å². The summed E-state index contributed by atoms with van der Waals surface area (Å²) >= 11 is 0. The molecule has 8 heteroatoms. The Morgan fingerprint density at radius 3 is 2.70 bits per heavy atom. The van der Waals surface area contributed by atoms with Gasteiger partial charge in [-0.3, -0.25) is 0 Å². The molecule has 0 unspecified atom stereocenters. The first-order chi connectivity index (χ1) is 14.6. The van der Waals surface area contributed by atoms with Crippen LogP contribution in [-0.4, -0.2) is 53.6 Å². The fourth-order valence-electron chi connectivity index (χ4n) is 2.77. The zero-order valence-electron chi connectivity index (χ0n) is 18.8. The lowest BCUT2D eigenvalue weighted by Crippen LogP contribution is -2.39. The molecule has 0 saturated carbocycles. The van der Waals surface area contributed by atoms with Crippen LogP contribution in [0.3, 0.4) is 0 Å². The second kappa shape index (κ2) is 13.6. The minimum absolute atomic E-state index is 0.471. The molecule has 0 saturated heterocycles. The highest BCUT2D eigenvalue weighted by Gasteiger charge is 2.05. The third-order valence-electron chi connectivity index (χ3n) is 4.60. The molecule has 8 nitrogen and oxygen atoms in total. The number of nitrogens with zero attached hydrogens (tertiary/aromatic N) is 4. The highest BCUT2D eigenvalue weighted by molar-refractivity contribution is 5.79. The number of rotatable bonds is 13. The van der Waals surface area contributed by atoms with Crippen LogP contribution in [0, 0.1) is 6.92 Å². The van der Waals surface area contributed by atoms with Crippen molar-refractivity contribution in [1.82, 2.24) is 25.4 Å². The van der Waals surface area contributed by atoms with Crippen LogP contribution in [-0.2, 0) is 24.8 Å². The Bertz CT molecular complexity index is 775. The van der Waals surface area contributed by atoms with E-state index in [0.29, 0.717) is 6.54 Å². The maximum absolute atomic E-state index is 5.73. The van der Waals surface area contributed by atoms with Crippen molar-refractivity contribution < 1.29 is 9.47 Å². The highest BCUT2D eigenvalue weighted by Crippen LogP contribution is 2.13. The molecule has 0 aliphatic heterocycles. The van der Waals surface area contributed by atoms with Gasteiger partial charge in [0.1, 0.15) is 18.1 Å². The van der Waals surface area contributed by atoms with Crippen LogP contribution in [0.15, 0.2) is 29.3 Å². The number of nitrogens with one attached hydrogen (secondary N) is 2. The topological polar surface area (TPSA) is 85.6 Å². The van der Waals surface area contributed by atoms with E-state index in [4.69, 9.17) is 9.47 Å².